The molecule has 4 heteroatoms. The summed E-state index contributed by atoms with van der Waals surface area (Å²) in [7, 11) is 0. The summed E-state index contributed by atoms with van der Waals surface area (Å²) < 4.78 is 11.5. The largest absolute Gasteiger partial charge is 0.489 e. The fourth-order valence-corrected chi connectivity index (χ4v) is 2.64. The van der Waals surface area contributed by atoms with Crippen LogP contribution in [0.5, 0.6) is 11.5 Å². The lowest BCUT2D eigenvalue weighted by Gasteiger charge is -2.09. The standard InChI is InChI=1S/C26H18O4/c1-3-25(27)21-9-13-23(14-10-21)29-17-19-5-7-20(8-6-19)18-30-24-15-11-22(12-16-24)26(28)4-2/h1-2,5-16H,17-18H2. The summed E-state index contributed by atoms with van der Waals surface area (Å²) in [5.74, 6) is 4.78. The second kappa shape index (κ2) is 9.78. The van der Waals surface area contributed by atoms with Gasteiger partial charge in [-0.3, -0.25) is 9.59 Å². The van der Waals surface area contributed by atoms with Gasteiger partial charge in [-0.25, -0.2) is 0 Å². The minimum atomic E-state index is -0.351. The molecule has 0 aliphatic carbocycles. The molecule has 30 heavy (non-hydrogen) atoms. The highest BCUT2D eigenvalue weighted by Crippen LogP contribution is 2.17. The van der Waals surface area contributed by atoms with Gasteiger partial charge >= 0.3 is 0 Å². The van der Waals surface area contributed by atoms with Gasteiger partial charge in [0.1, 0.15) is 24.7 Å². The van der Waals surface area contributed by atoms with Gasteiger partial charge in [0.05, 0.1) is 0 Å². The maximum Gasteiger partial charge on any atom is 0.235 e. The van der Waals surface area contributed by atoms with Crippen LogP contribution in [0.15, 0.2) is 72.8 Å². The molecule has 0 radical (unpaired) electrons. The molecule has 0 saturated carbocycles. The molecule has 146 valence electrons. The second-order valence-corrected chi connectivity index (χ2v) is 6.39. The Morgan fingerprint density at radius 2 is 0.933 bits per heavy atom. The van der Waals surface area contributed by atoms with Crippen LogP contribution >= 0.6 is 0 Å². The third-order valence-corrected chi connectivity index (χ3v) is 4.33. The number of carbonyl (C=O) groups is 2. The lowest BCUT2D eigenvalue weighted by Crippen LogP contribution is -1.99. The molecule has 3 rings (SSSR count). The fraction of sp³-hybridized carbons (Fsp3) is 0.0769. The number of ketones is 2. The van der Waals surface area contributed by atoms with Crippen molar-refractivity contribution in [3.05, 3.63) is 95.1 Å². The van der Waals surface area contributed by atoms with Crippen LogP contribution in [0, 0.1) is 24.7 Å². The van der Waals surface area contributed by atoms with Crippen LogP contribution in [-0.4, -0.2) is 11.6 Å². The Morgan fingerprint density at radius 3 is 1.23 bits per heavy atom. The quantitative estimate of drug-likeness (QED) is 0.321. The molecule has 0 saturated heterocycles. The Morgan fingerprint density at radius 1 is 0.600 bits per heavy atom. The van der Waals surface area contributed by atoms with Gasteiger partial charge in [-0.1, -0.05) is 24.3 Å². The zero-order valence-corrected chi connectivity index (χ0v) is 16.1. The molecule has 0 heterocycles. The molecule has 0 spiro atoms. The molecule has 3 aromatic rings. The van der Waals surface area contributed by atoms with Gasteiger partial charge < -0.3 is 9.47 Å². The van der Waals surface area contributed by atoms with Crippen molar-refractivity contribution in [1.29, 1.82) is 0 Å². The average molecular weight is 394 g/mol. The number of ether oxygens (including phenoxy) is 2. The van der Waals surface area contributed by atoms with Crippen molar-refractivity contribution in [2.45, 2.75) is 13.2 Å². The lowest BCUT2D eigenvalue weighted by atomic mass is 10.1. The van der Waals surface area contributed by atoms with Gasteiger partial charge in [-0.15, -0.1) is 12.8 Å². The summed E-state index contributed by atoms with van der Waals surface area (Å²) in [5.41, 5.74) is 2.93. The van der Waals surface area contributed by atoms with E-state index in [1.807, 2.05) is 24.3 Å². The first-order valence-corrected chi connectivity index (χ1v) is 9.14. The van der Waals surface area contributed by atoms with Crippen LogP contribution in [0.3, 0.4) is 0 Å². The second-order valence-electron chi connectivity index (χ2n) is 6.39. The van der Waals surface area contributed by atoms with Crippen LogP contribution < -0.4 is 9.47 Å². The first-order valence-electron chi connectivity index (χ1n) is 9.14. The Bertz CT molecular complexity index is 1020. The number of carbonyl (C=O) groups excluding carboxylic acids is 2. The van der Waals surface area contributed by atoms with Gasteiger partial charge in [0.2, 0.25) is 11.6 Å². The van der Waals surface area contributed by atoms with Crippen molar-refractivity contribution in [2.24, 2.45) is 0 Å². The molecule has 0 aromatic heterocycles. The molecule has 4 nitrogen and oxygen atoms in total. The number of hydrogen-bond acceptors (Lipinski definition) is 4. The normalized spacial score (nSPS) is 9.80. The first-order chi connectivity index (χ1) is 14.6. The van der Waals surface area contributed by atoms with Crippen molar-refractivity contribution in [1.82, 2.24) is 0 Å². The Hall–Kier alpha value is -4.28. The van der Waals surface area contributed by atoms with E-state index < -0.39 is 0 Å². The van der Waals surface area contributed by atoms with Gasteiger partial charge in [-0.2, -0.15) is 0 Å². The molecular weight excluding hydrogens is 376 g/mol. The van der Waals surface area contributed by atoms with Crippen LogP contribution in [0.1, 0.15) is 31.8 Å². The molecule has 0 atom stereocenters. The number of terminal acetylenes is 2. The summed E-state index contributed by atoms with van der Waals surface area (Å²) >= 11 is 0. The van der Waals surface area contributed by atoms with E-state index >= 15 is 0 Å². The van der Waals surface area contributed by atoms with Crippen LogP contribution in [-0.2, 0) is 13.2 Å². The van der Waals surface area contributed by atoms with Gasteiger partial charge in [0, 0.05) is 11.1 Å². The van der Waals surface area contributed by atoms with Crippen molar-refractivity contribution in [2.75, 3.05) is 0 Å². The maximum atomic E-state index is 11.4. The number of rotatable bonds is 8. The van der Waals surface area contributed by atoms with Crippen LogP contribution in [0.4, 0.5) is 0 Å². The Kier molecular flexibility index (Phi) is 6.66. The van der Waals surface area contributed by atoms with E-state index in [2.05, 4.69) is 11.8 Å². The summed E-state index contributed by atoms with van der Waals surface area (Å²) in [6.45, 7) is 0.794. The van der Waals surface area contributed by atoms with E-state index in [0.29, 0.717) is 35.8 Å². The minimum Gasteiger partial charge on any atom is -0.489 e. The first kappa shape index (κ1) is 20.5. The highest BCUT2D eigenvalue weighted by atomic mass is 16.5. The number of hydrogen-bond donors (Lipinski definition) is 0. The Labute approximate surface area is 175 Å². The van der Waals surface area contributed by atoms with E-state index in [0.717, 1.165) is 11.1 Å². The predicted molar refractivity (Wildman–Crippen MR) is 114 cm³/mol. The minimum absolute atomic E-state index is 0.351. The SMILES string of the molecule is C#CC(=O)c1ccc(OCc2ccc(COc3ccc(C(=O)C#C)cc3)cc2)cc1. The molecule has 0 unspecified atom stereocenters. The van der Waals surface area contributed by atoms with Gasteiger partial charge in [-0.05, 0) is 71.5 Å². The number of benzene rings is 3. The monoisotopic (exact) mass is 394 g/mol. The third-order valence-electron chi connectivity index (χ3n) is 4.33. The van der Waals surface area contributed by atoms with Gasteiger partial charge in [0.25, 0.3) is 0 Å². The molecule has 3 aromatic carbocycles. The van der Waals surface area contributed by atoms with Crippen molar-refractivity contribution >= 4 is 11.6 Å². The fourth-order valence-electron chi connectivity index (χ4n) is 2.64. The topological polar surface area (TPSA) is 52.6 Å². The molecular formula is C26H18O4. The summed E-state index contributed by atoms with van der Waals surface area (Å²) in [6, 6.07) is 21.3. The molecule has 0 fully saturated rings. The molecule has 0 N–H and O–H groups in total. The highest BCUT2D eigenvalue weighted by molar-refractivity contribution is 6.09. The van der Waals surface area contributed by atoms with Crippen molar-refractivity contribution in [3.63, 3.8) is 0 Å². The summed E-state index contributed by atoms with van der Waals surface area (Å²) in [5, 5.41) is 0. The van der Waals surface area contributed by atoms with Crippen LogP contribution in [0.25, 0.3) is 0 Å². The molecule has 0 aliphatic rings. The third kappa shape index (κ3) is 5.38. The highest BCUT2D eigenvalue weighted by Gasteiger charge is 2.04. The predicted octanol–water partition coefficient (Wildman–Crippen LogP) is 4.48. The number of Topliss-reactive ketones (excluding diaryl/α,β-unsaturated/α-hetero) is 2. The average Bonchev–Trinajstić information content (AvgIpc) is 2.81. The smallest absolute Gasteiger partial charge is 0.235 e. The van der Waals surface area contributed by atoms with Crippen molar-refractivity contribution < 1.29 is 19.1 Å². The Balaban J connectivity index is 1.50. The van der Waals surface area contributed by atoms with E-state index in [-0.39, 0.29) is 11.6 Å². The lowest BCUT2D eigenvalue weighted by molar-refractivity contribution is 0.104. The van der Waals surface area contributed by atoms with E-state index in [9.17, 15) is 9.59 Å². The van der Waals surface area contributed by atoms with E-state index in [4.69, 9.17) is 22.3 Å². The zero-order valence-electron chi connectivity index (χ0n) is 16.1. The van der Waals surface area contributed by atoms with Crippen molar-refractivity contribution in [3.8, 4) is 36.2 Å². The molecule has 0 amide bonds. The van der Waals surface area contributed by atoms with E-state index in [1.165, 1.54) is 0 Å². The summed E-state index contributed by atoms with van der Waals surface area (Å²) in [6.07, 6.45) is 10.2. The molecule has 0 aliphatic heterocycles. The van der Waals surface area contributed by atoms with E-state index in [1.54, 1.807) is 48.5 Å². The zero-order chi connectivity index (χ0) is 21.3. The molecule has 0 bridgehead atoms. The maximum absolute atomic E-state index is 11.4. The summed E-state index contributed by atoms with van der Waals surface area (Å²) in [4.78, 5) is 22.9. The van der Waals surface area contributed by atoms with Gasteiger partial charge in [0.15, 0.2) is 0 Å². The van der Waals surface area contributed by atoms with Crippen LogP contribution in [0.2, 0.25) is 0 Å².